The van der Waals surface area contributed by atoms with Gasteiger partial charge in [-0.1, -0.05) is 0 Å². The zero-order chi connectivity index (χ0) is 16.7. The lowest BCUT2D eigenvalue weighted by Gasteiger charge is -2.53. The van der Waals surface area contributed by atoms with E-state index in [1.807, 2.05) is 18.3 Å². The van der Waals surface area contributed by atoms with Crippen molar-refractivity contribution >= 4 is 27.6 Å². The maximum Gasteiger partial charge on any atom is 0.121 e. The highest BCUT2D eigenvalue weighted by Gasteiger charge is 2.46. The van der Waals surface area contributed by atoms with Gasteiger partial charge in [-0.2, -0.15) is 0 Å². The van der Waals surface area contributed by atoms with E-state index in [0.717, 1.165) is 37.4 Å². The molecule has 1 atom stereocenters. The van der Waals surface area contributed by atoms with Crippen molar-refractivity contribution in [1.29, 1.82) is 0 Å². The zero-order valence-electron chi connectivity index (χ0n) is 14.2. The van der Waals surface area contributed by atoms with Crippen LogP contribution in [0, 0.1) is 5.41 Å². The van der Waals surface area contributed by atoms with Gasteiger partial charge in [-0.05, 0) is 31.0 Å². The third-order valence-corrected chi connectivity index (χ3v) is 6.46. The van der Waals surface area contributed by atoms with Gasteiger partial charge in [0.15, 0.2) is 0 Å². The average Bonchev–Trinajstić information content (AvgIpc) is 2.58. The molecule has 2 fully saturated rings. The second-order valence-corrected chi connectivity index (χ2v) is 8.29. The summed E-state index contributed by atoms with van der Waals surface area (Å²) in [7, 11) is 0.863. The first-order valence-electron chi connectivity index (χ1n) is 8.36. The first kappa shape index (κ1) is 15.8. The predicted octanol–water partition coefficient (Wildman–Crippen LogP) is 2.44. The molecule has 0 bridgehead atoms. The molecule has 2 saturated heterocycles. The molecule has 0 N–H and O–H groups in total. The third kappa shape index (κ3) is 2.67. The summed E-state index contributed by atoms with van der Waals surface area (Å²) in [5.41, 5.74) is 2.62. The topological polar surface area (TPSA) is 45.7 Å². The number of rotatable bonds is 3. The molecule has 2 aliphatic rings. The first-order chi connectivity index (χ1) is 11.6. The summed E-state index contributed by atoms with van der Waals surface area (Å²) in [6.07, 6.45) is 5.99. The van der Waals surface area contributed by atoms with Gasteiger partial charge in [0.1, 0.15) is 5.75 Å². The highest BCUT2D eigenvalue weighted by molar-refractivity contribution is 7.81. The standard InChI is InChI=1S/C18H23N3O2S/c1-23-14-3-4-15-16(11-14)19-8-5-17(15)20-9-6-18(7-10-20)12-21(13-18)24(2)22/h3-5,8,11H,6-7,9-10,12-13H2,1-2H3. The van der Waals surface area contributed by atoms with Gasteiger partial charge in [0.25, 0.3) is 0 Å². The van der Waals surface area contributed by atoms with E-state index in [1.54, 1.807) is 13.4 Å². The lowest BCUT2D eigenvalue weighted by atomic mass is 9.73. The Morgan fingerprint density at radius 3 is 2.62 bits per heavy atom. The fourth-order valence-electron chi connectivity index (χ4n) is 3.94. The van der Waals surface area contributed by atoms with Gasteiger partial charge in [0.05, 0.1) is 23.6 Å². The highest BCUT2D eigenvalue weighted by Crippen LogP contribution is 2.42. The Labute approximate surface area is 145 Å². The monoisotopic (exact) mass is 345 g/mol. The fourth-order valence-corrected chi connectivity index (χ4v) is 4.85. The molecule has 4 rings (SSSR count). The number of pyridine rings is 1. The van der Waals surface area contributed by atoms with Crippen LogP contribution < -0.4 is 9.64 Å². The fraction of sp³-hybridized carbons (Fsp3) is 0.500. The Morgan fingerprint density at radius 2 is 1.96 bits per heavy atom. The van der Waals surface area contributed by atoms with Crippen LogP contribution in [0.15, 0.2) is 30.5 Å². The van der Waals surface area contributed by atoms with E-state index in [-0.39, 0.29) is 0 Å². The summed E-state index contributed by atoms with van der Waals surface area (Å²) in [6.45, 7) is 4.07. The largest absolute Gasteiger partial charge is 0.497 e. The molecule has 1 unspecified atom stereocenters. The van der Waals surface area contributed by atoms with Gasteiger partial charge in [0, 0.05) is 61.2 Å². The van der Waals surface area contributed by atoms with Crippen LogP contribution >= 0.6 is 0 Å². The summed E-state index contributed by atoms with van der Waals surface area (Å²) < 4.78 is 18.9. The van der Waals surface area contributed by atoms with E-state index in [2.05, 4.69) is 26.3 Å². The number of aromatic nitrogens is 1. The van der Waals surface area contributed by atoms with Gasteiger partial charge >= 0.3 is 0 Å². The van der Waals surface area contributed by atoms with E-state index < -0.39 is 11.0 Å². The molecule has 0 amide bonds. The number of anilines is 1. The average molecular weight is 345 g/mol. The van der Waals surface area contributed by atoms with Crippen LogP contribution in [0.3, 0.4) is 0 Å². The third-order valence-electron chi connectivity index (χ3n) is 5.48. The Kier molecular flexibility index (Phi) is 3.96. The van der Waals surface area contributed by atoms with E-state index in [0.29, 0.717) is 5.41 Å². The Morgan fingerprint density at radius 1 is 1.21 bits per heavy atom. The van der Waals surface area contributed by atoms with Crippen LogP contribution in [0.5, 0.6) is 5.75 Å². The summed E-state index contributed by atoms with van der Waals surface area (Å²) in [5, 5.41) is 1.18. The van der Waals surface area contributed by atoms with E-state index >= 15 is 0 Å². The summed E-state index contributed by atoms with van der Waals surface area (Å²) in [4.78, 5) is 6.95. The van der Waals surface area contributed by atoms with Gasteiger partial charge in [0.2, 0.25) is 0 Å². The summed E-state index contributed by atoms with van der Waals surface area (Å²) >= 11 is 0. The number of benzene rings is 1. The van der Waals surface area contributed by atoms with E-state index in [9.17, 15) is 4.21 Å². The van der Waals surface area contributed by atoms with Crippen LogP contribution in [-0.4, -0.2) is 53.0 Å². The molecule has 2 aromatic rings. The lowest BCUT2D eigenvalue weighted by Crippen LogP contribution is -2.60. The molecule has 5 nitrogen and oxygen atoms in total. The van der Waals surface area contributed by atoms with Crippen LogP contribution in [0.2, 0.25) is 0 Å². The maximum absolute atomic E-state index is 11.5. The van der Waals surface area contributed by atoms with Crippen molar-refractivity contribution in [3.05, 3.63) is 30.5 Å². The minimum atomic E-state index is -0.818. The molecular weight excluding hydrogens is 322 g/mol. The van der Waals surface area contributed by atoms with Gasteiger partial charge in [-0.3, -0.25) is 4.98 Å². The van der Waals surface area contributed by atoms with Gasteiger partial charge in [-0.15, -0.1) is 0 Å². The van der Waals surface area contributed by atoms with Crippen molar-refractivity contribution in [1.82, 2.24) is 9.29 Å². The van der Waals surface area contributed by atoms with E-state index in [4.69, 9.17) is 4.74 Å². The number of hydrogen-bond donors (Lipinski definition) is 0. The number of ether oxygens (including phenoxy) is 1. The Bertz CT molecular complexity index is 779. The Balaban J connectivity index is 1.52. The number of hydrogen-bond acceptors (Lipinski definition) is 4. The molecule has 0 aliphatic carbocycles. The SMILES string of the molecule is COc1ccc2c(N3CCC4(CC3)CN(S(C)=O)C4)ccnc2c1. The molecule has 128 valence electrons. The lowest BCUT2D eigenvalue weighted by molar-refractivity contribution is 0.0483. The van der Waals surface area contributed by atoms with Crippen LogP contribution in [-0.2, 0) is 11.0 Å². The minimum Gasteiger partial charge on any atom is -0.497 e. The number of fused-ring (bicyclic) bond motifs is 1. The molecule has 24 heavy (non-hydrogen) atoms. The molecule has 6 heteroatoms. The first-order valence-corrected chi connectivity index (χ1v) is 9.88. The molecular formula is C18H23N3O2S. The molecule has 1 spiro atoms. The van der Waals surface area contributed by atoms with Crippen molar-refractivity contribution in [3.63, 3.8) is 0 Å². The zero-order valence-corrected chi connectivity index (χ0v) is 15.0. The Hall–Kier alpha value is -1.66. The van der Waals surface area contributed by atoms with Crippen molar-refractivity contribution in [2.45, 2.75) is 12.8 Å². The van der Waals surface area contributed by atoms with Crippen LogP contribution in [0.4, 0.5) is 5.69 Å². The number of piperidine rings is 1. The number of nitrogens with zero attached hydrogens (tertiary/aromatic N) is 3. The highest BCUT2D eigenvalue weighted by atomic mass is 32.2. The molecule has 1 aromatic heterocycles. The van der Waals surface area contributed by atoms with Gasteiger partial charge < -0.3 is 9.64 Å². The molecule has 2 aliphatic heterocycles. The van der Waals surface area contributed by atoms with Crippen LogP contribution in [0.1, 0.15) is 12.8 Å². The second-order valence-electron chi connectivity index (χ2n) is 6.92. The summed E-state index contributed by atoms with van der Waals surface area (Å²) in [6, 6.07) is 8.21. The molecule has 1 aromatic carbocycles. The van der Waals surface area contributed by atoms with Crippen molar-refractivity contribution < 1.29 is 8.95 Å². The molecule has 3 heterocycles. The van der Waals surface area contributed by atoms with Crippen molar-refractivity contribution in [2.24, 2.45) is 5.41 Å². The molecule has 0 saturated carbocycles. The quantitative estimate of drug-likeness (QED) is 0.857. The maximum atomic E-state index is 11.5. The summed E-state index contributed by atoms with van der Waals surface area (Å²) in [5.74, 6) is 0.840. The second kappa shape index (κ2) is 6.01. The predicted molar refractivity (Wildman–Crippen MR) is 97.8 cm³/mol. The number of methoxy groups -OCH3 is 1. The normalized spacial score (nSPS) is 21.7. The van der Waals surface area contributed by atoms with E-state index in [1.165, 1.54) is 23.9 Å². The minimum absolute atomic E-state index is 0.383. The van der Waals surface area contributed by atoms with Crippen molar-refractivity contribution in [2.75, 3.05) is 44.4 Å². The molecule has 0 radical (unpaired) electrons. The van der Waals surface area contributed by atoms with Crippen LogP contribution in [0.25, 0.3) is 10.9 Å². The van der Waals surface area contributed by atoms with Gasteiger partial charge in [-0.25, -0.2) is 8.51 Å². The van der Waals surface area contributed by atoms with Crippen molar-refractivity contribution in [3.8, 4) is 5.75 Å². The smallest absolute Gasteiger partial charge is 0.121 e.